The van der Waals surface area contributed by atoms with Crippen molar-refractivity contribution in [3.05, 3.63) is 35.4 Å². The summed E-state index contributed by atoms with van der Waals surface area (Å²) in [6, 6.07) is 7.43. The van der Waals surface area contributed by atoms with Crippen LogP contribution in [0.1, 0.15) is 22.8 Å². The van der Waals surface area contributed by atoms with Crippen molar-refractivity contribution in [3.8, 4) is 0 Å². The van der Waals surface area contributed by atoms with E-state index in [2.05, 4.69) is 10.2 Å². The molecule has 116 valence electrons. The highest BCUT2D eigenvalue weighted by molar-refractivity contribution is 5.89. The molecule has 5 heteroatoms. The van der Waals surface area contributed by atoms with E-state index in [-0.39, 0.29) is 5.97 Å². The summed E-state index contributed by atoms with van der Waals surface area (Å²) in [5.74, 6) is -0.278. The molecule has 2 rings (SSSR count). The number of carbonyl (C=O) groups is 1. The molecule has 0 aliphatic carbocycles. The SMILES string of the molecule is CCOC(=O)c1cccc(COCCN2CCNCC2)c1. The van der Waals surface area contributed by atoms with Gasteiger partial charge in [0.25, 0.3) is 0 Å². The van der Waals surface area contributed by atoms with Crippen LogP contribution in [0, 0.1) is 0 Å². The molecule has 0 saturated carbocycles. The predicted octanol–water partition coefficient (Wildman–Crippen LogP) is 1.29. The van der Waals surface area contributed by atoms with E-state index in [4.69, 9.17) is 9.47 Å². The molecule has 1 aliphatic rings. The van der Waals surface area contributed by atoms with E-state index >= 15 is 0 Å². The van der Waals surface area contributed by atoms with Crippen LogP contribution < -0.4 is 5.32 Å². The highest BCUT2D eigenvalue weighted by Gasteiger charge is 2.09. The smallest absolute Gasteiger partial charge is 0.338 e. The molecule has 21 heavy (non-hydrogen) atoms. The van der Waals surface area contributed by atoms with Crippen molar-refractivity contribution < 1.29 is 14.3 Å². The number of benzene rings is 1. The number of nitrogens with zero attached hydrogens (tertiary/aromatic N) is 1. The number of hydrogen-bond donors (Lipinski definition) is 1. The number of piperazine rings is 1. The molecule has 0 spiro atoms. The lowest BCUT2D eigenvalue weighted by Crippen LogP contribution is -2.44. The summed E-state index contributed by atoms with van der Waals surface area (Å²) >= 11 is 0. The normalized spacial score (nSPS) is 15.9. The van der Waals surface area contributed by atoms with Crippen LogP contribution in [0.2, 0.25) is 0 Å². The second-order valence-electron chi connectivity index (χ2n) is 5.07. The van der Waals surface area contributed by atoms with Crippen LogP contribution >= 0.6 is 0 Å². The molecule has 0 amide bonds. The fourth-order valence-corrected chi connectivity index (χ4v) is 2.32. The monoisotopic (exact) mass is 292 g/mol. The zero-order valence-electron chi connectivity index (χ0n) is 12.6. The lowest BCUT2D eigenvalue weighted by molar-refractivity contribution is 0.0525. The molecule has 5 nitrogen and oxygen atoms in total. The lowest BCUT2D eigenvalue weighted by Gasteiger charge is -2.26. The van der Waals surface area contributed by atoms with Crippen molar-refractivity contribution >= 4 is 5.97 Å². The van der Waals surface area contributed by atoms with Gasteiger partial charge in [0.1, 0.15) is 0 Å². The molecule has 0 unspecified atom stereocenters. The first kappa shape index (κ1) is 15.9. The van der Waals surface area contributed by atoms with Gasteiger partial charge in [-0.05, 0) is 24.6 Å². The Morgan fingerprint density at radius 1 is 1.33 bits per heavy atom. The molecule has 0 bridgehead atoms. The van der Waals surface area contributed by atoms with E-state index in [9.17, 15) is 4.79 Å². The molecule has 1 saturated heterocycles. The maximum absolute atomic E-state index is 11.7. The molecule has 1 aliphatic heterocycles. The van der Waals surface area contributed by atoms with Gasteiger partial charge in [0.05, 0.1) is 25.4 Å². The summed E-state index contributed by atoms with van der Waals surface area (Å²) in [5.41, 5.74) is 1.58. The van der Waals surface area contributed by atoms with Crippen LogP contribution in [0.5, 0.6) is 0 Å². The van der Waals surface area contributed by atoms with E-state index in [0.717, 1.165) is 38.3 Å². The second-order valence-corrected chi connectivity index (χ2v) is 5.07. The van der Waals surface area contributed by atoms with Crippen LogP contribution in [-0.4, -0.2) is 56.8 Å². The Labute approximate surface area is 126 Å². The molecule has 1 fully saturated rings. The average molecular weight is 292 g/mol. The molecule has 0 atom stereocenters. The summed E-state index contributed by atoms with van der Waals surface area (Å²) in [6.07, 6.45) is 0. The van der Waals surface area contributed by atoms with Crippen LogP contribution in [0.25, 0.3) is 0 Å². The predicted molar refractivity (Wildman–Crippen MR) is 81.4 cm³/mol. The van der Waals surface area contributed by atoms with E-state index in [1.807, 2.05) is 18.2 Å². The van der Waals surface area contributed by atoms with Gasteiger partial charge in [0, 0.05) is 32.7 Å². The highest BCUT2D eigenvalue weighted by Crippen LogP contribution is 2.08. The number of carbonyl (C=O) groups excluding carboxylic acids is 1. The maximum Gasteiger partial charge on any atom is 0.338 e. The zero-order chi connectivity index (χ0) is 14.9. The molecular formula is C16H24N2O3. The first-order valence-corrected chi connectivity index (χ1v) is 7.56. The summed E-state index contributed by atoms with van der Waals surface area (Å²) in [7, 11) is 0. The van der Waals surface area contributed by atoms with Gasteiger partial charge in [-0.1, -0.05) is 12.1 Å². The summed E-state index contributed by atoms with van der Waals surface area (Å²) < 4.78 is 10.7. The maximum atomic E-state index is 11.7. The highest BCUT2D eigenvalue weighted by atomic mass is 16.5. The first-order valence-electron chi connectivity index (χ1n) is 7.56. The van der Waals surface area contributed by atoms with Crippen LogP contribution in [0.15, 0.2) is 24.3 Å². The fourth-order valence-electron chi connectivity index (χ4n) is 2.32. The Morgan fingerprint density at radius 2 is 2.14 bits per heavy atom. The third-order valence-electron chi connectivity index (χ3n) is 3.47. The number of esters is 1. The van der Waals surface area contributed by atoms with Crippen molar-refractivity contribution in [3.63, 3.8) is 0 Å². The molecular weight excluding hydrogens is 268 g/mol. The van der Waals surface area contributed by atoms with Gasteiger partial charge in [-0.15, -0.1) is 0 Å². The Balaban J connectivity index is 1.72. The van der Waals surface area contributed by atoms with Crippen molar-refractivity contribution in [1.29, 1.82) is 0 Å². The standard InChI is InChI=1S/C16H24N2O3/c1-2-21-16(19)15-5-3-4-14(12-15)13-20-11-10-18-8-6-17-7-9-18/h3-5,12,17H,2,6-11,13H2,1H3. The van der Waals surface area contributed by atoms with Crippen LogP contribution in [0.4, 0.5) is 0 Å². The topological polar surface area (TPSA) is 50.8 Å². The fraction of sp³-hybridized carbons (Fsp3) is 0.562. The van der Waals surface area contributed by atoms with Gasteiger partial charge in [-0.25, -0.2) is 4.79 Å². The van der Waals surface area contributed by atoms with Gasteiger partial charge in [0.15, 0.2) is 0 Å². The van der Waals surface area contributed by atoms with Gasteiger partial charge in [-0.2, -0.15) is 0 Å². The van der Waals surface area contributed by atoms with Crippen molar-refractivity contribution in [1.82, 2.24) is 10.2 Å². The Hall–Kier alpha value is -1.43. The number of nitrogens with one attached hydrogen (secondary N) is 1. The summed E-state index contributed by atoms with van der Waals surface area (Å²) in [5, 5.41) is 3.33. The number of rotatable bonds is 7. The zero-order valence-corrected chi connectivity index (χ0v) is 12.6. The van der Waals surface area contributed by atoms with Crippen molar-refractivity contribution in [2.24, 2.45) is 0 Å². The second kappa shape index (κ2) is 8.77. The molecule has 0 radical (unpaired) electrons. The lowest BCUT2D eigenvalue weighted by atomic mass is 10.1. The third-order valence-corrected chi connectivity index (χ3v) is 3.47. The van der Waals surface area contributed by atoms with Gasteiger partial charge >= 0.3 is 5.97 Å². The molecule has 1 aromatic carbocycles. The summed E-state index contributed by atoms with van der Waals surface area (Å²) in [6.45, 7) is 8.68. The molecule has 1 aromatic rings. The largest absolute Gasteiger partial charge is 0.462 e. The minimum Gasteiger partial charge on any atom is -0.462 e. The Bertz CT molecular complexity index is 445. The quantitative estimate of drug-likeness (QED) is 0.606. The van der Waals surface area contributed by atoms with Crippen molar-refractivity contribution in [2.45, 2.75) is 13.5 Å². The van der Waals surface area contributed by atoms with Gasteiger partial charge in [-0.3, -0.25) is 4.90 Å². The Morgan fingerprint density at radius 3 is 2.90 bits per heavy atom. The van der Waals surface area contributed by atoms with Gasteiger partial charge in [0.2, 0.25) is 0 Å². The Kier molecular flexibility index (Phi) is 6.66. The average Bonchev–Trinajstić information content (AvgIpc) is 2.53. The first-order chi connectivity index (χ1) is 10.3. The molecule has 0 aromatic heterocycles. The van der Waals surface area contributed by atoms with Gasteiger partial charge < -0.3 is 14.8 Å². The van der Waals surface area contributed by atoms with Crippen molar-refractivity contribution in [2.75, 3.05) is 45.9 Å². The number of ether oxygens (including phenoxy) is 2. The van der Waals surface area contributed by atoms with E-state index < -0.39 is 0 Å². The van der Waals surface area contributed by atoms with Crippen LogP contribution in [0.3, 0.4) is 0 Å². The number of hydrogen-bond acceptors (Lipinski definition) is 5. The third kappa shape index (κ3) is 5.46. The van der Waals surface area contributed by atoms with E-state index in [0.29, 0.717) is 25.4 Å². The minimum absolute atomic E-state index is 0.278. The van der Waals surface area contributed by atoms with E-state index in [1.54, 1.807) is 13.0 Å². The van der Waals surface area contributed by atoms with Crippen LogP contribution in [-0.2, 0) is 16.1 Å². The molecule has 1 N–H and O–H groups in total. The molecule has 1 heterocycles. The minimum atomic E-state index is -0.278. The van der Waals surface area contributed by atoms with E-state index in [1.165, 1.54) is 0 Å². The summed E-state index contributed by atoms with van der Waals surface area (Å²) in [4.78, 5) is 14.1.